The van der Waals surface area contributed by atoms with E-state index in [4.69, 9.17) is 0 Å². The van der Waals surface area contributed by atoms with Crippen molar-refractivity contribution in [1.82, 2.24) is 14.9 Å². The molecule has 144 valence electrons. The number of nitrogens with zero attached hydrogens (tertiary/aromatic N) is 4. The Hall–Kier alpha value is -2.43. The summed E-state index contributed by atoms with van der Waals surface area (Å²) in [5.74, 6) is 1.51. The number of amides is 1. The molecule has 0 spiro atoms. The van der Waals surface area contributed by atoms with Crippen LogP contribution in [0.3, 0.4) is 0 Å². The van der Waals surface area contributed by atoms with Gasteiger partial charge in [0.05, 0.1) is 0 Å². The molecule has 1 aliphatic rings. The molecule has 1 aromatic carbocycles. The summed E-state index contributed by atoms with van der Waals surface area (Å²) in [6.45, 7) is 8.16. The second-order valence-electron chi connectivity index (χ2n) is 8.70. The molecule has 27 heavy (non-hydrogen) atoms. The van der Waals surface area contributed by atoms with Gasteiger partial charge in [-0.15, -0.1) is 0 Å². The monoisotopic (exact) mass is 366 g/mol. The summed E-state index contributed by atoms with van der Waals surface area (Å²) in [6, 6.07) is 10.1. The van der Waals surface area contributed by atoms with E-state index in [1.54, 1.807) is 6.33 Å². The van der Waals surface area contributed by atoms with Crippen LogP contribution in [0.5, 0.6) is 0 Å². The number of benzene rings is 1. The molecule has 0 radical (unpaired) electrons. The Morgan fingerprint density at radius 2 is 1.89 bits per heavy atom. The Bertz CT molecular complexity index is 793. The third kappa shape index (κ3) is 4.65. The van der Waals surface area contributed by atoms with E-state index >= 15 is 0 Å². The Morgan fingerprint density at radius 3 is 2.52 bits per heavy atom. The van der Waals surface area contributed by atoms with Crippen LogP contribution in [0.15, 0.2) is 36.7 Å². The first-order valence-corrected chi connectivity index (χ1v) is 9.62. The molecule has 1 amide bonds. The zero-order chi connectivity index (χ0) is 19.6. The van der Waals surface area contributed by atoms with Crippen molar-refractivity contribution in [3.05, 3.63) is 53.5 Å². The predicted molar refractivity (Wildman–Crippen MR) is 109 cm³/mol. The number of carbonyl (C=O) groups excluding carboxylic acids is 1. The maximum atomic E-state index is 12.8. The van der Waals surface area contributed by atoms with Crippen LogP contribution in [-0.4, -0.2) is 48.0 Å². The summed E-state index contributed by atoms with van der Waals surface area (Å²) in [7, 11) is 3.96. The Morgan fingerprint density at radius 1 is 1.19 bits per heavy atom. The summed E-state index contributed by atoms with van der Waals surface area (Å²) in [5.41, 5.74) is 3.17. The topological polar surface area (TPSA) is 49.3 Å². The highest BCUT2D eigenvalue weighted by Gasteiger charge is 2.27. The summed E-state index contributed by atoms with van der Waals surface area (Å²) in [6.07, 6.45) is 3.53. The summed E-state index contributed by atoms with van der Waals surface area (Å²) < 4.78 is 0. The summed E-state index contributed by atoms with van der Waals surface area (Å²) >= 11 is 0. The molecule has 0 aliphatic carbocycles. The van der Waals surface area contributed by atoms with Gasteiger partial charge in [-0.05, 0) is 41.9 Å². The van der Waals surface area contributed by atoms with Crippen molar-refractivity contribution in [2.75, 3.05) is 32.1 Å². The molecule has 1 aliphatic heterocycles. The normalized spacial score (nSPS) is 17.2. The highest BCUT2D eigenvalue weighted by Crippen LogP contribution is 2.25. The number of hydrogen-bond donors (Lipinski definition) is 0. The molecule has 1 atom stereocenters. The number of hydrogen-bond acceptors (Lipinski definition) is 4. The van der Waals surface area contributed by atoms with E-state index in [1.165, 1.54) is 5.56 Å². The lowest BCUT2D eigenvalue weighted by Crippen LogP contribution is -2.29. The standard InChI is InChI=1S/C22H30N4O/c1-22(2,3)18-8-6-17(7-9-18)21(27)26-11-10-16(14-26)12-19-13-20(25(4)5)24-15-23-19/h6-9,13,15-16H,10-12,14H2,1-5H3. The minimum absolute atomic E-state index is 0.100. The third-order valence-corrected chi connectivity index (χ3v) is 5.24. The maximum absolute atomic E-state index is 12.8. The van der Waals surface area contributed by atoms with Crippen molar-refractivity contribution in [3.63, 3.8) is 0 Å². The Labute approximate surface area is 162 Å². The van der Waals surface area contributed by atoms with Gasteiger partial charge in [0, 0.05) is 44.5 Å². The van der Waals surface area contributed by atoms with Crippen LogP contribution < -0.4 is 4.90 Å². The number of anilines is 1. The fraction of sp³-hybridized carbons (Fsp3) is 0.500. The molecular weight excluding hydrogens is 336 g/mol. The molecule has 3 rings (SSSR count). The van der Waals surface area contributed by atoms with E-state index in [9.17, 15) is 4.79 Å². The second kappa shape index (κ2) is 7.67. The van der Waals surface area contributed by atoms with Gasteiger partial charge in [-0.25, -0.2) is 9.97 Å². The van der Waals surface area contributed by atoms with Crippen molar-refractivity contribution in [3.8, 4) is 0 Å². The molecule has 2 heterocycles. The second-order valence-corrected chi connectivity index (χ2v) is 8.70. The molecule has 0 saturated carbocycles. The Balaban J connectivity index is 1.62. The lowest BCUT2D eigenvalue weighted by atomic mass is 9.86. The van der Waals surface area contributed by atoms with E-state index < -0.39 is 0 Å². The van der Waals surface area contributed by atoms with Gasteiger partial charge in [-0.2, -0.15) is 0 Å². The van der Waals surface area contributed by atoms with Gasteiger partial charge >= 0.3 is 0 Å². The first kappa shape index (κ1) is 19.3. The fourth-order valence-corrected chi connectivity index (χ4v) is 3.52. The smallest absolute Gasteiger partial charge is 0.253 e. The average Bonchev–Trinajstić information content (AvgIpc) is 3.09. The first-order chi connectivity index (χ1) is 12.7. The quantitative estimate of drug-likeness (QED) is 0.830. The largest absolute Gasteiger partial charge is 0.363 e. The molecule has 1 saturated heterocycles. The molecule has 5 nitrogen and oxygen atoms in total. The zero-order valence-electron chi connectivity index (χ0n) is 17.1. The van der Waals surface area contributed by atoms with Crippen molar-refractivity contribution >= 4 is 11.7 Å². The minimum Gasteiger partial charge on any atom is -0.363 e. The van der Waals surface area contributed by atoms with Crippen LogP contribution in [0.4, 0.5) is 5.82 Å². The molecule has 1 unspecified atom stereocenters. The van der Waals surface area contributed by atoms with Gasteiger partial charge in [0.1, 0.15) is 12.1 Å². The van der Waals surface area contributed by atoms with Crippen molar-refractivity contribution in [2.24, 2.45) is 5.92 Å². The van der Waals surface area contributed by atoms with Gasteiger partial charge in [-0.3, -0.25) is 4.79 Å². The molecular formula is C22H30N4O. The molecule has 1 aromatic heterocycles. The number of likely N-dealkylation sites (tertiary alicyclic amines) is 1. The molecule has 5 heteroatoms. The number of carbonyl (C=O) groups is 1. The van der Waals surface area contributed by atoms with Gasteiger partial charge in [0.25, 0.3) is 5.91 Å². The van der Waals surface area contributed by atoms with E-state index in [1.807, 2.05) is 42.1 Å². The van der Waals surface area contributed by atoms with Crippen molar-refractivity contribution in [2.45, 2.75) is 39.0 Å². The SMILES string of the molecule is CN(C)c1cc(CC2CCN(C(=O)c3ccc(C(C)(C)C)cc3)C2)ncn1. The summed E-state index contributed by atoms with van der Waals surface area (Å²) in [4.78, 5) is 25.5. The number of aromatic nitrogens is 2. The average molecular weight is 367 g/mol. The van der Waals surface area contributed by atoms with Crippen LogP contribution in [0.1, 0.15) is 48.8 Å². The van der Waals surface area contributed by atoms with Crippen molar-refractivity contribution < 1.29 is 4.79 Å². The zero-order valence-corrected chi connectivity index (χ0v) is 17.1. The van der Waals surface area contributed by atoms with E-state index in [-0.39, 0.29) is 11.3 Å². The van der Waals surface area contributed by atoms with E-state index in [0.29, 0.717) is 5.92 Å². The third-order valence-electron chi connectivity index (χ3n) is 5.24. The van der Waals surface area contributed by atoms with Crippen LogP contribution >= 0.6 is 0 Å². The minimum atomic E-state index is 0.100. The van der Waals surface area contributed by atoms with E-state index in [0.717, 1.165) is 43.0 Å². The van der Waals surface area contributed by atoms with Crippen molar-refractivity contribution in [1.29, 1.82) is 0 Å². The lowest BCUT2D eigenvalue weighted by molar-refractivity contribution is 0.0787. The van der Waals surface area contributed by atoms with E-state index in [2.05, 4.69) is 42.9 Å². The van der Waals surface area contributed by atoms with Gasteiger partial charge in [0.15, 0.2) is 0 Å². The van der Waals surface area contributed by atoms with Gasteiger partial charge in [0.2, 0.25) is 0 Å². The molecule has 1 fully saturated rings. The number of rotatable bonds is 4. The van der Waals surface area contributed by atoms with Crippen LogP contribution in [0, 0.1) is 5.92 Å². The molecule has 2 aromatic rings. The first-order valence-electron chi connectivity index (χ1n) is 9.62. The molecule has 0 N–H and O–H groups in total. The highest BCUT2D eigenvalue weighted by atomic mass is 16.2. The maximum Gasteiger partial charge on any atom is 0.253 e. The van der Waals surface area contributed by atoms with Crippen LogP contribution in [-0.2, 0) is 11.8 Å². The van der Waals surface area contributed by atoms with Crippen LogP contribution in [0.2, 0.25) is 0 Å². The summed E-state index contributed by atoms with van der Waals surface area (Å²) in [5, 5.41) is 0. The molecule has 0 bridgehead atoms. The van der Waals surface area contributed by atoms with Crippen LogP contribution in [0.25, 0.3) is 0 Å². The lowest BCUT2D eigenvalue weighted by Gasteiger charge is -2.20. The fourth-order valence-electron chi connectivity index (χ4n) is 3.52. The predicted octanol–water partition coefficient (Wildman–Crippen LogP) is 3.54. The Kier molecular flexibility index (Phi) is 5.49. The highest BCUT2D eigenvalue weighted by molar-refractivity contribution is 5.94. The van der Waals surface area contributed by atoms with Gasteiger partial charge in [-0.1, -0.05) is 32.9 Å². The van der Waals surface area contributed by atoms with Gasteiger partial charge < -0.3 is 9.80 Å².